The van der Waals surface area contributed by atoms with Crippen LogP contribution in [0.5, 0.6) is 0 Å². The lowest BCUT2D eigenvalue weighted by Crippen LogP contribution is -2.30. The summed E-state index contributed by atoms with van der Waals surface area (Å²) in [5.41, 5.74) is 0. The van der Waals surface area contributed by atoms with Crippen LogP contribution < -0.4 is 0 Å². The molecule has 0 saturated carbocycles. The highest BCUT2D eigenvalue weighted by Crippen LogP contribution is 2.19. The van der Waals surface area contributed by atoms with Gasteiger partial charge in [0.25, 0.3) is 0 Å². The van der Waals surface area contributed by atoms with Crippen LogP contribution in [0.2, 0.25) is 0 Å². The van der Waals surface area contributed by atoms with Gasteiger partial charge in [0, 0.05) is 19.3 Å². The van der Waals surface area contributed by atoms with Crippen molar-refractivity contribution in [2.24, 2.45) is 0 Å². The van der Waals surface area contributed by atoms with Crippen molar-refractivity contribution in [3.05, 3.63) is 24.3 Å². The van der Waals surface area contributed by atoms with Gasteiger partial charge >= 0.3 is 17.9 Å². The lowest BCUT2D eigenvalue weighted by atomic mass is 10.0. The van der Waals surface area contributed by atoms with Gasteiger partial charge in [0.1, 0.15) is 13.2 Å². The zero-order valence-electron chi connectivity index (χ0n) is 54.4. The zero-order chi connectivity index (χ0) is 57.8. The van der Waals surface area contributed by atoms with Crippen LogP contribution in [0.3, 0.4) is 0 Å². The number of carbonyl (C=O) groups excluding carboxylic acids is 3. The molecular weight excluding hydrogens is 985 g/mol. The number of ether oxygens (including phenoxy) is 3. The van der Waals surface area contributed by atoms with E-state index < -0.39 is 6.10 Å². The molecule has 0 fully saturated rings. The Kier molecular flexibility index (Phi) is 67.6. The molecule has 1 unspecified atom stereocenters. The molecule has 0 aliphatic heterocycles. The van der Waals surface area contributed by atoms with Gasteiger partial charge in [0.2, 0.25) is 0 Å². The van der Waals surface area contributed by atoms with Gasteiger partial charge in [-0.1, -0.05) is 366 Å². The molecule has 80 heavy (non-hydrogen) atoms. The Morgan fingerprint density at radius 3 is 0.713 bits per heavy atom. The van der Waals surface area contributed by atoms with E-state index in [1.54, 1.807) is 0 Å². The Balaban J connectivity index is 4.08. The number of rotatable bonds is 68. The fraction of sp³-hybridized carbons (Fsp3) is 0.905. The predicted octanol–water partition coefficient (Wildman–Crippen LogP) is 25.0. The van der Waals surface area contributed by atoms with E-state index in [-0.39, 0.29) is 31.1 Å². The quantitative estimate of drug-likeness (QED) is 0.0261. The summed E-state index contributed by atoms with van der Waals surface area (Å²) in [5.74, 6) is -0.855. The first-order valence-electron chi connectivity index (χ1n) is 36.3. The number of hydrogen-bond acceptors (Lipinski definition) is 6. The molecule has 0 radical (unpaired) electrons. The molecule has 0 amide bonds. The SMILES string of the molecule is CCCCC/C=C\C/C=C\CCCCCCCC(=O)OC(COC(=O)CCCCCCCCCCCCCCCC)COC(=O)CCCCCCCCCCCCCCCCCCCCCCCCCCCCCCCCCCC. The number of allylic oxidation sites excluding steroid dienone is 4. The van der Waals surface area contributed by atoms with Gasteiger partial charge < -0.3 is 14.2 Å². The second-order valence-electron chi connectivity index (χ2n) is 24.9. The van der Waals surface area contributed by atoms with Crippen molar-refractivity contribution in [1.29, 1.82) is 0 Å². The van der Waals surface area contributed by atoms with E-state index in [2.05, 4.69) is 45.1 Å². The number of unbranched alkanes of at least 4 members (excludes halogenated alkanes) is 53. The average molecular weight is 1130 g/mol. The third kappa shape index (κ3) is 66.7. The third-order valence-corrected chi connectivity index (χ3v) is 16.7. The Bertz CT molecular complexity index is 1290. The van der Waals surface area contributed by atoms with Gasteiger partial charge in [-0.3, -0.25) is 14.4 Å². The van der Waals surface area contributed by atoms with Crippen LogP contribution >= 0.6 is 0 Å². The molecule has 0 bridgehead atoms. The maximum atomic E-state index is 12.9. The normalized spacial score (nSPS) is 12.1. The van der Waals surface area contributed by atoms with E-state index in [0.717, 1.165) is 77.0 Å². The van der Waals surface area contributed by atoms with E-state index in [1.165, 1.54) is 295 Å². The monoisotopic (exact) mass is 1130 g/mol. The highest BCUT2D eigenvalue weighted by atomic mass is 16.6. The molecule has 6 heteroatoms. The standard InChI is InChI=1S/C74H140O6/c1-4-7-10-13-16-19-22-25-28-29-30-31-32-33-34-35-36-37-38-39-40-41-42-43-44-45-47-49-52-55-58-61-64-67-73(76)79-70-71(69-78-72(75)66-63-60-57-54-51-48-27-24-21-18-15-12-9-6-3)80-74(77)68-65-62-59-56-53-50-46-26-23-20-17-14-11-8-5-2/h17,20,26,46,71H,4-16,18-19,21-25,27-45,47-70H2,1-3H3/b20-17-,46-26-. The van der Waals surface area contributed by atoms with Crippen LogP contribution in [0.1, 0.15) is 412 Å². The number of carbonyl (C=O) groups is 3. The summed E-state index contributed by atoms with van der Waals surface area (Å²) in [4.78, 5) is 38.4. The first-order valence-corrected chi connectivity index (χ1v) is 36.3. The van der Waals surface area contributed by atoms with Crippen LogP contribution in [-0.2, 0) is 28.6 Å². The molecule has 0 aromatic rings. The first kappa shape index (κ1) is 77.9. The molecule has 0 spiro atoms. The molecule has 0 aliphatic rings. The smallest absolute Gasteiger partial charge is 0.306 e. The Morgan fingerprint density at radius 2 is 0.450 bits per heavy atom. The second kappa shape index (κ2) is 69.4. The highest BCUT2D eigenvalue weighted by Gasteiger charge is 2.19. The first-order chi connectivity index (χ1) is 39.5. The van der Waals surface area contributed by atoms with Gasteiger partial charge in [-0.05, 0) is 51.4 Å². The molecule has 0 rings (SSSR count). The maximum Gasteiger partial charge on any atom is 0.306 e. The topological polar surface area (TPSA) is 78.9 Å². The number of esters is 3. The Labute approximate surface area is 500 Å². The summed E-state index contributed by atoms with van der Waals surface area (Å²) in [6.45, 7) is 6.68. The minimum atomic E-state index is -0.775. The summed E-state index contributed by atoms with van der Waals surface area (Å²) in [6.07, 6.45) is 85.2. The van der Waals surface area contributed by atoms with Crippen LogP contribution in [-0.4, -0.2) is 37.2 Å². The van der Waals surface area contributed by atoms with Crippen molar-refractivity contribution in [3.8, 4) is 0 Å². The van der Waals surface area contributed by atoms with Crippen molar-refractivity contribution >= 4 is 17.9 Å². The number of hydrogen-bond donors (Lipinski definition) is 0. The van der Waals surface area contributed by atoms with Crippen molar-refractivity contribution in [3.63, 3.8) is 0 Å². The Hall–Kier alpha value is -2.11. The predicted molar refractivity (Wildman–Crippen MR) is 349 cm³/mol. The fourth-order valence-electron chi connectivity index (χ4n) is 11.2. The van der Waals surface area contributed by atoms with Crippen LogP contribution in [0.4, 0.5) is 0 Å². The largest absolute Gasteiger partial charge is 0.462 e. The van der Waals surface area contributed by atoms with E-state index in [9.17, 15) is 14.4 Å². The molecule has 0 aromatic carbocycles. The lowest BCUT2D eigenvalue weighted by molar-refractivity contribution is -0.167. The summed E-state index contributed by atoms with van der Waals surface area (Å²) >= 11 is 0. The molecule has 0 N–H and O–H groups in total. The van der Waals surface area contributed by atoms with Crippen molar-refractivity contribution in [2.75, 3.05) is 13.2 Å². The molecule has 0 heterocycles. The molecule has 472 valence electrons. The van der Waals surface area contributed by atoms with Crippen LogP contribution in [0.15, 0.2) is 24.3 Å². The van der Waals surface area contributed by atoms with Crippen LogP contribution in [0, 0.1) is 0 Å². The highest BCUT2D eigenvalue weighted by molar-refractivity contribution is 5.71. The van der Waals surface area contributed by atoms with Gasteiger partial charge in [-0.15, -0.1) is 0 Å². The van der Waals surface area contributed by atoms with E-state index in [0.29, 0.717) is 19.3 Å². The summed E-state index contributed by atoms with van der Waals surface area (Å²) in [6, 6.07) is 0. The summed E-state index contributed by atoms with van der Waals surface area (Å²) in [5, 5.41) is 0. The third-order valence-electron chi connectivity index (χ3n) is 16.7. The molecule has 6 nitrogen and oxygen atoms in total. The lowest BCUT2D eigenvalue weighted by Gasteiger charge is -2.18. The van der Waals surface area contributed by atoms with Gasteiger partial charge in [-0.25, -0.2) is 0 Å². The van der Waals surface area contributed by atoms with Crippen LogP contribution in [0.25, 0.3) is 0 Å². The average Bonchev–Trinajstić information content (AvgIpc) is 3.46. The van der Waals surface area contributed by atoms with Crippen molar-refractivity contribution < 1.29 is 28.6 Å². The van der Waals surface area contributed by atoms with Gasteiger partial charge in [0.05, 0.1) is 0 Å². The summed E-state index contributed by atoms with van der Waals surface area (Å²) < 4.78 is 17.0. The minimum Gasteiger partial charge on any atom is -0.462 e. The van der Waals surface area contributed by atoms with Crippen molar-refractivity contribution in [1.82, 2.24) is 0 Å². The fourth-order valence-corrected chi connectivity index (χ4v) is 11.2. The van der Waals surface area contributed by atoms with Crippen molar-refractivity contribution in [2.45, 2.75) is 419 Å². The molecule has 0 aliphatic carbocycles. The van der Waals surface area contributed by atoms with E-state index in [1.807, 2.05) is 0 Å². The molecular formula is C74H140O6. The molecule has 1 atom stereocenters. The van der Waals surface area contributed by atoms with Gasteiger partial charge in [-0.2, -0.15) is 0 Å². The molecule has 0 saturated heterocycles. The second-order valence-corrected chi connectivity index (χ2v) is 24.9. The zero-order valence-corrected chi connectivity index (χ0v) is 54.4. The van der Waals surface area contributed by atoms with Gasteiger partial charge in [0.15, 0.2) is 6.10 Å². The minimum absolute atomic E-state index is 0.0709. The summed E-state index contributed by atoms with van der Waals surface area (Å²) in [7, 11) is 0. The maximum absolute atomic E-state index is 12.9. The van der Waals surface area contributed by atoms with E-state index in [4.69, 9.17) is 14.2 Å². The molecule has 0 aromatic heterocycles. The van der Waals surface area contributed by atoms with E-state index >= 15 is 0 Å². The Morgan fingerprint density at radius 1 is 0.250 bits per heavy atom.